The lowest BCUT2D eigenvalue weighted by Crippen LogP contribution is -2.18. The first-order valence-corrected chi connectivity index (χ1v) is 12.2. The number of benzene rings is 3. The Morgan fingerprint density at radius 2 is 1.45 bits per heavy atom. The SMILES string of the molecule is CCOc1ccc(C(=O)c2ccccc2)c(OCC)c1[P+](=O)C(=O)c1c(C)cc(C)cc1C. The lowest BCUT2D eigenvalue weighted by Gasteiger charge is -2.13. The molecule has 5 nitrogen and oxygen atoms in total. The molecule has 170 valence electrons. The molecular weight excluding hydrogens is 435 g/mol. The highest BCUT2D eigenvalue weighted by atomic mass is 31.1. The second-order valence-corrected chi connectivity index (χ2v) is 9.17. The van der Waals surface area contributed by atoms with E-state index >= 15 is 0 Å². The first-order valence-electron chi connectivity index (χ1n) is 10.9. The van der Waals surface area contributed by atoms with Gasteiger partial charge in [-0.3, -0.25) is 4.79 Å². The second-order valence-electron chi connectivity index (χ2n) is 7.72. The molecule has 33 heavy (non-hydrogen) atoms. The Morgan fingerprint density at radius 1 is 0.848 bits per heavy atom. The zero-order valence-electron chi connectivity index (χ0n) is 19.6. The molecule has 0 aliphatic rings. The Hall–Kier alpha value is -3.30. The highest BCUT2D eigenvalue weighted by molar-refractivity contribution is 7.72. The van der Waals surface area contributed by atoms with Crippen LogP contribution in [0.3, 0.4) is 0 Å². The molecule has 0 aromatic heterocycles. The van der Waals surface area contributed by atoms with Crippen LogP contribution in [0.15, 0.2) is 54.6 Å². The van der Waals surface area contributed by atoms with Gasteiger partial charge in [-0.05, 0) is 57.9 Å². The molecule has 6 heteroatoms. The first-order chi connectivity index (χ1) is 15.8. The summed E-state index contributed by atoms with van der Waals surface area (Å²) in [5, 5.41) is 0.125. The van der Waals surface area contributed by atoms with Crippen molar-refractivity contribution >= 4 is 24.4 Å². The van der Waals surface area contributed by atoms with Gasteiger partial charge in [0.15, 0.2) is 17.3 Å². The summed E-state index contributed by atoms with van der Waals surface area (Å²) in [4.78, 5) is 26.8. The van der Waals surface area contributed by atoms with Crippen LogP contribution in [0.1, 0.15) is 56.8 Å². The third-order valence-electron chi connectivity index (χ3n) is 5.24. The van der Waals surface area contributed by atoms with Crippen molar-refractivity contribution < 1.29 is 23.6 Å². The van der Waals surface area contributed by atoms with Gasteiger partial charge in [0.25, 0.3) is 5.30 Å². The van der Waals surface area contributed by atoms with E-state index in [1.807, 2.05) is 39.0 Å². The molecule has 0 fully saturated rings. The molecule has 0 heterocycles. The van der Waals surface area contributed by atoms with E-state index in [1.54, 1.807) is 50.2 Å². The quantitative estimate of drug-likeness (QED) is 0.290. The van der Waals surface area contributed by atoms with E-state index in [0.717, 1.165) is 16.7 Å². The second kappa shape index (κ2) is 10.5. The standard InChI is InChI=1S/C27H28O5P/c1-6-31-22-14-13-21(24(28)20-11-9-8-10-12-20)25(32-7-2)26(22)33(30)27(29)23-18(4)15-17(3)16-19(23)5/h8-16H,6-7H2,1-5H3/q+1. The van der Waals surface area contributed by atoms with Crippen LogP contribution in [-0.2, 0) is 4.57 Å². The lowest BCUT2D eigenvalue weighted by molar-refractivity contribution is 0.103. The summed E-state index contributed by atoms with van der Waals surface area (Å²) >= 11 is 0. The maximum atomic E-state index is 13.8. The van der Waals surface area contributed by atoms with Crippen molar-refractivity contribution in [3.8, 4) is 11.5 Å². The molecular formula is C27H28O5P+. The summed E-state index contributed by atoms with van der Waals surface area (Å²) < 4.78 is 25.3. The predicted octanol–water partition coefficient (Wildman–Crippen LogP) is 5.93. The molecule has 0 amide bonds. The van der Waals surface area contributed by atoms with Gasteiger partial charge >= 0.3 is 13.3 Å². The average molecular weight is 463 g/mol. The van der Waals surface area contributed by atoms with Crippen molar-refractivity contribution in [2.24, 2.45) is 0 Å². The third-order valence-corrected chi connectivity index (χ3v) is 6.66. The molecule has 3 rings (SSSR count). The first kappa shape index (κ1) is 24.3. The average Bonchev–Trinajstić information content (AvgIpc) is 2.78. The molecule has 0 aliphatic carbocycles. The Balaban J connectivity index is 2.21. The highest BCUT2D eigenvalue weighted by Gasteiger charge is 2.42. The van der Waals surface area contributed by atoms with Crippen LogP contribution < -0.4 is 14.8 Å². The molecule has 0 spiro atoms. The van der Waals surface area contributed by atoms with Gasteiger partial charge < -0.3 is 9.47 Å². The van der Waals surface area contributed by atoms with Gasteiger partial charge in [-0.2, -0.15) is 0 Å². The van der Waals surface area contributed by atoms with Gasteiger partial charge in [-0.1, -0.05) is 52.6 Å². The maximum Gasteiger partial charge on any atom is 0.466 e. The van der Waals surface area contributed by atoms with E-state index < -0.39 is 13.3 Å². The van der Waals surface area contributed by atoms with Gasteiger partial charge in [0.1, 0.15) is 0 Å². The number of ketones is 1. The maximum absolute atomic E-state index is 13.8. The molecule has 3 aromatic rings. The van der Waals surface area contributed by atoms with Gasteiger partial charge in [-0.15, -0.1) is 0 Å². The number of rotatable bonds is 9. The van der Waals surface area contributed by atoms with Crippen molar-refractivity contribution in [3.63, 3.8) is 0 Å². The molecule has 1 unspecified atom stereocenters. The fraction of sp³-hybridized carbons (Fsp3) is 0.259. The predicted molar refractivity (Wildman–Crippen MR) is 131 cm³/mol. The van der Waals surface area contributed by atoms with Crippen molar-refractivity contribution in [1.82, 2.24) is 0 Å². The summed E-state index contributed by atoms with van der Waals surface area (Å²) in [5.74, 6) is 0.138. The minimum Gasteiger partial charge on any atom is -0.489 e. The van der Waals surface area contributed by atoms with E-state index in [2.05, 4.69) is 0 Å². The van der Waals surface area contributed by atoms with Crippen molar-refractivity contribution in [2.75, 3.05) is 13.2 Å². The Morgan fingerprint density at radius 3 is 2.03 bits per heavy atom. The van der Waals surface area contributed by atoms with E-state index in [4.69, 9.17) is 9.47 Å². The number of hydrogen-bond acceptors (Lipinski definition) is 5. The molecule has 1 atom stereocenters. The number of hydrogen-bond donors (Lipinski definition) is 0. The summed E-state index contributed by atoms with van der Waals surface area (Å²) in [5.41, 5.74) is 3.17. The molecule has 0 N–H and O–H groups in total. The van der Waals surface area contributed by atoms with Crippen LogP contribution in [0.4, 0.5) is 0 Å². The van der Waals surface area contributed by atoms with E-state index in [0.29, 0.717) is 17.7 Å². The van der Waals surface area contributed by atoms with Crippen molar-refractivity contribution in [1.29, 1.82) is 0 Å². The molecule has 0 bridgehead atoms. The smallest absolute Gasteiger partial charge is 0.466 e. The molecule has 0 saturated carbocycles. The number of carbonyl (C=O) groups excluding carboxylic acids is 2. The molecule has 3 aromatic carbocycles. The van der Waals surface area contributed by atoms with Crippen LogP contribution in [0.25, 0.3) is 0 Å². The normalized spacial score (nSPS) is 11.1. The van der Waals surface area contributed by atoms with Crippen LogP contribution in [0.5, 0.6) is 11.5 Å². The number of carbonyl (C=O) groups is 2. The van der Waals surface area contributed by atoms with Gasteiger partial charge in [0.2, 0.25) is 0 Å². The van der Waals surface area contributed by atoms with E-state index in [9.17, 15) is 14.2 Å². The Bertz CT molecular complexity index is 1190. The zero-order valence-corrected chi connectivity index (χ0v) is 20.5. The minimum absolute atomic E-state index is 0.125. The number of aryl methyl sites for hydroxylation is 3. The third kappa shape index (κ3) is 5.04. The fourth-order valence-electron chi connectivity index (χ4n) is 3.95. The Kier molecular flexibility index (Phi) is 7.78. The highest BCUT2D eigenvalue weighted by Crippen LogP contribution is 2.39. The van der Waals surface area contributed by atoms with Crippen molar-refractivity contribution in [3.05, 3.63) is 88.0 Å². The molecule has 0 radical (unpaired) electrons. The summed E-state index contributed by atoms with van der Waals surface area (Å²) in [6.45, 7) is 9.74. The molecule has 0 aliphatic heterocycles. The number of ether oxygens (including phenoxy) is 2. The van der Waals surface area contributed by atoms with Crippen LogP contribution in [0, 0.1) is 20.8 Å². The Labute approximate surface area is 195 Å². The summed E-state index contributed by atoms with van der Waals surface area (Å²) in [7, 11) is -2.62. The van der Waals surface area contributed by atoms with Gasteiger partial charge in [0.05, 0.1) is 24.3 Å². The van der Waals surface area contributed by atoms with E-state index in [-0.39, 0.29) is 34.8 Å². The van der Waals surface area contributed by atoms with Gasteiger partial charge in [0, 0.05) is 5.56 Å². The lowest BCUT2D eigenvalue weighted by atomic mass is 10.0. The van der Waals surface area contributed by atoms with Crippen LogP contribution in [-0.4, -0.2) is 24.5 Å². The largest absolute Gasteiger partial charge is 0.489 e. The fourth-order valence-corrected chi connectivity index (χ4v) is 5.42. The van der Waals surface area contributed by atoms with Crippen LogP contribution in [0.2, 0.25) is 0 Å². The summed E-state index contributed by atoms with van der Waals surface area (Å²) in [6.07, 6.45) is 0. The summed E-state index contributed by atoms with van der Waals surface area (Å²) in [6, 6.07) is 15.8. The minimum atomic E-state index is -2.62. The monoisotopic (exact) mass is 463 g/mol. The molecule has 0 saturated heterocycles. The van der Waals surface area contributed by atoms with Gasteiger partial charge in [-0.25, -0.2) is 4.79 Å². The zero-order chi connectivity index (χ0) is 24.1. The van der Waals surface area contributed by atoms with E-state index in [1.165, 1.54) is 0 Å². The van der Waals surface area contributed by atoms with Crippen molar-refractivity contribution in [2.45, 2.75) is 34.6 Å². The van der Waals surface area contributed by atoms with Crippen LogP contribution >= 0.6 is 7.80 Å². The topological polar surface area (TPSA) is 69.7 Å².